The molecule has 1 aromatic carbocycles. The minimum Gasteiger partial charge on any atom is -0.497 e. The molecule has 0 aromatic heterocycles. The van der Waals surface area contributed by atoms with Crippen molar-refractivity contribution >= 4 is 17.5 Å². The van der Waals surface area contributed by atoms with E-state index in [1.54, 1.807) is 25.3 Å². The van der Waals surface area contributed by atoms with Crippen molar-refractivity contribution < 1.29 is 14.3 Å². The summed E-state index contributed by atoms with van der Waals surface area (Å²) in [6.07, 6.45) is 5.66. The topological polar surface area (TPSA) is 42.0 Å². The molecule has 4 rings (SSSR count). The summed E-state index contributed by atoms with van der Waals surface area (Å²) in [6.45, 7) is 4.59. The number of likely N-dealkylation sites (tertiary alicyclic amines) is 2. The van der Waals surface area contributed by atoms with Crippen LogP contribution in [0.2, 0.25) is 5.02 Å². The van der Waals surface area contributed by atoms with E-state index in [4.69, 9.17) is 21.1 Å². The van der Waals surface area contributed by atoms with Crippen LogP contribution in [0.25, 0.3) is 0 Å². The third-order valence-electron chi connectivity index (χ3n) is 6.13. The van der Waals surface area contributed by atoms with Crippen LogP contribution >= 0.6 is 11.6 Å². The fourth-order valence-corrected chi connectivity index (χ4v) is 4.89. The quantitative estimate of drug-likeness (QED) is 0.810. The molecule has 1 amide bonds. The molecule has 0 N–H and O–H groups in total. The second kappa shape index (κ2) is 7.37. The molecule has 3 aliphatic heterocycles. The minimum absolute atomic E-state index is 0.0299. The molecule has 1 spiro atoms. The van der Waals surface area contributed by atoms with Crippen LogP contribution in [0, 0.1) is 0 Å². The molecule has 5 nitrogen and oxygen atoms in total. The fraction of sp³-hybridized carbons (Fsp3) is 0.650. The highest BCUT2D eigenvalue weighted by Gasteiger charge is 2.46. The van der Waals surface area contributed by atoms with Crippen LogP contribution in [-0.2, 0) is 4.74 Å². The first-order valence-corrected chi connectivity index (χ1v) is 9.99. The summed E-state index contributed by atoms with van der Waals surface area (Å²) in [4.78, 5) is 17.5. The summed E-state index contributed by atoms with van der Waals surface area (Å²) in [5, 5.41) is 0.469. The molecule has 3 saturated heterocycles. The van der Waals surface area contributed by atoms with Crippen molar-refractivity contribution in [3.8, 4) is 5.75 Å². The average Bonchev–Trinajstić information content (AvgIpc) is 3.32. The van der Waals surface area contributed by atoms with Gasteiger partial charge in [0.1, 0.15) is 5.75 Å². The zero-order valence-corrected chi connectivity index (χ0v) is 16.1. The molecule has 0 unspecified atom stereocenters. The second-order valence-electron chi connectivity index (χ2n) is 7.74. The van der Waals surface area contributed by atoms with Crippen LogP contribution in [0.15, 0.2) is 18.2 Å². The largest absolute Gasteiger partial charge is 0.497 e. The summed E-state index contributed by atoms with van der Waals surface area (Å²) < 4.78 is 11.5. The van der Waals surface area contributed by atoms with Crippen LogP contribution in [0.4, 0.5) is 0 Å². The van der Waals surface area contributed by atoms with Gasteiger partial charge in [-0.05, 0) is 63.4 Å². The number of rotatable bonds is 3. The van der Waals surface area contributed by atoms with Crippen molar-refractivity contribution in [2.24, 2.45) is 0 Å². The lowest BCUT2D eigenvalue weighted by Crippen LogP contribution is -2.49. The van der Waals surface area contributed by atoms with Crippen molar-refractivity contribution in [1.82, 2.24) is 9.80 Å². The summed E-state index contributed by atoms with van der Waals surface area (Å²) in [5.41, 5.74) is 0.321. The summed E-state index contributed by atoms with van der Waals surface area (Å²) in [7, 11) is 1.59. The zero-order valence-electron chi connectivity index (χ0n) is 15.4. The van der Waals surface area contributed by atoms with Crippen LogP contribution in [0.5, 0.6) is 5.75 Å². The molecular formula is C20H27ClN2O3. The minimum atomic E-state index is -0.188. The number of hydrogen-bond donors (Lipinski definition) is 0. The molecule has 0 bridgehead atoms. The van der Waals surface area contributed by atoms with Crippen molar-refractivity contribution in [2.45, 2.75) is 43.7 Å². The fourth-order valence-electron chi connectivity index (χ4n) is 4.69. The van der Waals surface area contributed by atoms with E-state index >= 15 is 0 Å². The molecule has 1 aromatic rings. The van der Waals surface area contributed by atoms with Gasteiger partial charge in [0.2, 0.25) is 0 Å². The monoisotopic (exact) mass is 378 g/mol. The average molecular weight is 379 g/mol. The van der Waals surface area contributed by atoms with Crippen molar-refractivity contribution in [2.75, 3.05) is 39.9 Å². The maximum atomic E-state index is 13.0. The number of carbonyl (C=O) groups is 1. The van der Waals surface area contributed by atoms with Crippen LogP contribution < -0.4 is 4.74 Å². The van der Waals surface area contributed by atoms with Gasteiger partial charge in [0.05, 0.1) is 29.8 Å². The van der Waals surface area contributed by atoms with E-state index in [-0.39, 0.29) is 11.5 Å². The van der Waals surface area contributed by atoms with E-state index < -0.39 is 0 Å². The van der Waals surface area contributed by atoms with Gasteiger partial charge in [0, 0.05) is 19.2 Å². The molecule has 0 radical (unpaired) electrons. The van der Waals surface area contributed by atoms with Gasteiger partial charge >= 0.3 is 0 Å². The molecule has 6 heteroatoms. The van der Waals surface area contributed by atoms with E-state index in [9.17, 15) is 4.79 Å². The maximum absolute atomic E-state index is 13.0. The van der Waals surface area contributed by atoms with E-state index in [0.29, 0.717) is 28.9 Å². The van der Waals surface area contributed by atoms with Gasteiger partial charge in [-0.2, -0.15) is 0 Å². The van der Waals surface area contributed by atoms with Crippen LogP contribution in [-0.4, -0.2) is 67.2 Å². The molecule has 142 valence electrons. The van der Waals surface area contributed by atoms with Gasteiger partial charge < -0.3 is 19.3 Å². The Morgan fingerprint density at radius 1 is 1.31 bits per heavy atom. The first-order valence-electron chi connectivity index (χ1n) is 9.61. The Morgan fingerprint density at radius 3 is 2.88 bits per heavy atom. The molecular weight excluding hydrogens is 352 g/mol. The number of nitrogens with zero attached hydrogens (tertiary/aromatic N) is 2. The highest BCUT2D eigenvalue weighted by atomic mass is 35.5. The smallest absolute Gasteiger partial charge is 0.255 e. The number of ether oxygens (including phenoxy) is 2. The lowest BCUT2D eigenvalue weighted by Gasteiger charge is -2.41. The van der Waals surface area contributed by atoms with Gasteiger partial charge in [0.15, 0.2) is 0 Å². The van der Waals surface area contributed by atoms with Crippen molar-refractivity contribution in [1.29, 1.82) is 0 Å². The lowest BCUT2D eigenvalue weighted by molar-refractivity contribution is -0.0946. The Morgan fingerprint density at radius 2 is 2.12 bits per heavy atom. The number of halogens is 1. The first kappa shape index (κ1) is 18.1. The Bertz CT molecular complexity index is 677. The number of methoxy groups -OCH3 is 1. The number of amides is 1. The molecule has 2 atom stereocenters. The standard InChI is InChI=1S/C20H27ClN2O3/c1-25-16-4-5-18(21)17(12-16)19(24)23-10-7-20(14-23)13-15(6-11-26-20)22-8-2-3-9-22/h4-5,12,15H,2-3,6-11,13-14H2,1H3/t15-,20-/m1/s1. The van der Waals surface area contributed by atoms with Crippen LogP contribution in [0.1, 0.15) is 42.5 Å². The van der Waals surface area contributed by atoms with Gasteiger partial charge in [-0.25, -0.2) is 0 Å². The number of benzene rings is 1. The summed E-state index contributed by atoms with van der Waals surface area (Å²) >= 11 is 6.27. The van der Waals surface area contributed by atoms with E-state index in [2.05, 4.69) is 4.90 Å². The highest BCUT2D eigenvalue weighted by Crippen LogP contribution is 2.38. The molecule has 26 heavy (non-hydrogen) atoms. The predicted molar refractivity (Wildman–Crippen MR) is 101 cm³/mol. The zero-order chi connectivity index (χ0) is 18.1. The molecule has 0 aliphatic carbocycles. The Kier molecular flexibility index (Phi) is 5.13. The Balaban J connectivity index is 1.46. The summed E-state index contributed by atoms with van der Waals surface area (Å²) in [5.74, 6) is 0.618. The van der Waals surface area contributed by atoms with Gasteiger partial charge in [-0.3, -0.25) is 4.79 Å². The van der Waals surface area contributed by atoms with E-state index in [1.165, 1.54) is 25.9 Å². The van der Waals surface area contributed by atoms with E-state index in [1.807, 2.05) is 4.90 Å². The normalized spacial score (nSPS) is 29.5. The molecule has 3 aliphatic rings. The first-order chi connectivity index (χ1) is 12.6. The van der Waals surface area contributed by atoms with Crippen molar-refractivity contribution in [3.63, 3.8) is 0 Å². The predicted octanol–water partition coefficient (Wildman–Crippen LogP) is 3.21. The molecule has 0 saturated carbocycles. The second-order valence-corrected chi connectivity index (χ2v) is 8.15. The number of carbonyl (C=O) groups excluding carboxylic acids is 1. The molecule has 3 heterocycles. The highest BCUT2D eigenvalue weighted by molar-refractivity contribution is 6.33. The lowest BCUT2D eigenvalue weighted by atomic mass is 9.89. The number of hydrogen-bond acceptors (Lipinski definition) is 4. The van der Waals surface area contributed by atoms with Crippen LogP contribution in [0.3, 0.4) is 0 Å². The summed E-state index contributed by atoms with van der Waals surface area (Å²) in [6, 6.07) is 5.82. The van der Waals surface area contributed by atoms with Gasteiger partial charge in [-0.15, -0.1) is 0 Å². The SMILES string of the molecule is COc1ccc(Cl)c(C(=O)N2CC[C@@]3(C[C@H](N4CCCC4)CCO3)C2)c1. The Labute approximate surface area is 160 Å². The maximum Gasteiger partial charge on any atom is 0.255 e. The third kappa shape index (κ3) is 3.45. The van der Waals surface area contributed by atoms with Crippen molar-refractivity contribution in [3.05, 3.63) is 28.8 Å². The van der Waals surface area contributed by atoms with Gasteiger partial charge in [-0.1, -0.05) is 11.6 Å². The van der Waals surface area contributed by atoms with E-state index in [0.717, 1.165) is 32.4 Å². The van der Waals surface area contributed by atoms with Gasteiger partial charge in [0.25, 0.3) is 5.91 Å². The molecule has 3 fully saturated rings. The third-order valence-corrected chi connectivity index (χ3v) is 6.46. The Hall–Kier alpha value is -1.30.